The molecular formula is C20H15ClFN3O2S. The zero-order chi connectivity index (χ0) is 19.8. The summed E-state index contributed by atoms with van der Waals surface area (Å²) in [4.78, 5) is 22.1. The largest absolute Gasteiger partial charge is 0.445 e. The lowest BCUT2D eigenvalue weighted by Gasteiger charge is -2.13. The summed E-state index contributed by atoms with van der Waals surface area (Å²) in [5.74, 6) is 1.15. The van der Waals surface area contributed by atoms with Crippen LogP contribution in [-0.2, 0) is 5.75 Å². The summed E-state index contributed by atoms with van der Waals surface area (Å²) in [5.41, 5.74) is 1.59. The normalized spacial score (nSPS) is 11.3. The van der Waals surface area contributed by atoms with Gasteiger partial charge in [-0.25, -0.2) is 14.4 Å². The van der Waals surface area contributed by atoms with Crippen LogP contribution in [0.4, 0.5) is 4.39 Å². The molecule has 28 heavy (non-hydrogen) atoms. The second-order valence-corrected chi connectivity index (χ2v) is 7.54. The Morgan fingerprint density at radius 1 is 1.18 bits per heavy atom. The standard InChI is InChI=1S/C20H15ClFN3O2S/c1-11-12(2)27-18(23-11)10-28-20-24-17-6-4-3-5-14(17)19(26)25(20)13-7-8-16(22)15(21)9-13/h3-9H,10H2,1-2H3. The van der Waals surface area contributed by atoms with E-state index in [-0.39, 0.29) is 10.6 Å². The quantitative estimate of drug-likeness (QED) is 0.344. The summed E-state index contributed by atoms with van der Waals surface area (Å²) in [7, 11) is 0. The van der Waals surface area contributed by atoms with Gasteiger partial charge in [0.15, 0.2) is 5.16 Å². The van der Waals surface area contributed by atoms with Crippen LogP contribution in [0.15, 0.2) is 56.8 Å². The number of hydrogen-bond donors (Lipinski definition) is 0. The van der Waals surface area contributed by atoms with E-state index < -0.39 is 5.82 Å². The zero-order valence-corrected chi connectivity index (χ0v) is 16.6. The van der Waals surface area contributed by atoms with Crippen molar-refractivity contribution in [2.45, 2.75) is 24.8 Å². The van der Waals surface area contributed by atoms with Crippen LogP contribution in [0.25, 0.3) is 16.6 Å². The Bertz CT molecular complexity index is 1230. The summed E-state index contributed by atoms with van der Waals surface area (Å²) >= 11 is 7.25. The fourth-order valence-corrected chi connectivity index (χ4v) is 3.82. The van der Waals surface area contributed by atoms with E-state index in [0.717, 1.165) is 11.5 Å². The maximum absolute atomic E-state index is 13.6. The van der Waals surface area contributed by atoms with Gasteiger partial charge in [0, 0.05) is 0 Å². The van der Waals surface area contributed by atoms with Gasteiger partial charge < -0.3 is 4.42 Å². The highest BCUT2D eigenvalue weighted by molar-refractivity contribution is 7.98. The van der Waals surface area contributed by atoms with Crippen molar-refractivity contribution in [3.8, 4) is 5.69 Å². The second kappa shape index (κ2) is 7.41. The van der Waals surface area contributed by atoms with Crippen molar-refractivity contribution in [1.82, 2.24) is 14.5 Å². The van der Waals surface area contributed by atoms with Gasteiger partial charge in [0.2, 0.25) is 5.89 Å². The molecule has 0 unspecified atom stereocenters. The average molecular weight is 416 g/mol. The zero-order valence-electron chi connectivity index (χ0n) is 15.1. The monoisotopic (exact) mass is 415 g/mol. The lowest BCUT2D eigenvalue weighted by Crippen LogP contribution is -2.21. The highest BCUT2D eigenvalue weighted by atomic mass is 35.5. The number of rotatable bonds is 4. The van der Waals surface area contributed by atoms with E-state index in [0.29, 0.717) is 33.4 Å². The molecule has 0 amide bonds. The molecule has 8 heteroatoms. The number of hydrogen-bond acceptors (Lipinski definition) is 5. The van der Waals surface area contributed by atoms with Gasteiger partial charge in [0.25, 0.3) is 5.56 Å². The Labute approximate surface area is 169 Å². The van der Waals surface area contributed by atoms with E-state index >= 15 is 0 Å². The Morgan fingerprint density at radius 3 is 2.68 bits per heavy atom. The third kappa shape index (κ3) is 3.43. The van der Waals surface area contributed by atoms with Crippen molar-refractivity contribution in [3.05, 3.63) is 81.0 Å². The van der Waals surface area contributed by atoms with Gasteiger partial charge in [0.1, 0.15) is 11.6 Å². The molecule has 0 saturated carbocycles. The lowest BCUT2D eigenvalue weighted by molar-refractivity contribution is 0.489. The van der Waals surface area contributed by atoms with Gasteiger partial charge in [-0.3, -0.25) is 9.36 Å². The molecule has 0 spiro atoms. The first-order valence-electron chi connectivity index (χ1n) is 8.47. The van der Waals surface area contributed by atoms with E-state index in [1.807, 2.05) is 19.9 Å². The van der Waals surface area contributed by atoms with E-state index in [1.165, 1.54) is 34.5 Å². The molecule has 0 radical (unpaired) electrons. The van der Waals surface area contributed by atoms with Crippen LogP contribution in [0.1, 0.15) is 17.3 Å². The summed E-state index contributed by atoms with van der Waals surface area (Å²) < 4.78 is 20.7. The molecule has 0 aliphatic rings. The van der Waals surface area contributed by atoms with Crippen LogP contribution in [0.2, 0.25) is 5.02 Å². The topological polar surface area (TPSA) is 60.9 Å². The highest BCUT2D eigenvalue weighted by Crippen LogP contribution is 2.26. The molecule has 0 fully saturated rings. The first kappa shape index (κ1) is 18.7. The number of aryl methyl sites for hydroxylation is 2. The average Bonchev–Trinajstić information content (AvgIpc) is 3.00. The number of fused-ring (bicyclic) bond motifs is 1. The first-order valence-corrected chi connectivity index (χ1v) is 9.83. The molecule has 0 N–H and O–H groups in total. The third-order valence-corrected chi connectivity index (χ3v) is 5.52. The molecule has 0 aliphatic carbocycles. The predicted molar refractivity (Wildman–Crippen MR) is 108 cm³/mol. The molecule has 4 rings (SSSR count). The Balaban J connectivity index is 1.85. The number of nitrogens with zero attached hydrogens (tertiary/aromatic N) is 3. The van der Waals surface area contributed by atoms with Crippen molar-refractivity contribution in [1.29, 1.82) is 0 Å². The van der Waals surface area contributed by atoms with Gasteiger partial charge in [0.05, 0.1) is 33.1 Å². The highest BCUT2D eigenvalue weighted by Gasteiger charge is 2.16. The molecular weight excluding hydrogens is 401 g/mol. The molecule has 0 bridgehead atoms. The number of para-hydroxylation sites is 1. The fraction of sp³-hybridized carbons (Fsp3) is 0.150. The van der Waals surface area contributed by atoms with Gasteiger partial charge in [-0.05, 0) is 44.2 Å². The summed E-state index contributed by atoms with van der Waals surface area (Å²) in [6.07, 6.45) is 0. The van der Waals surface area contributed by atoms with Crippen LogP contribution >= 0.6 is 23.4 Å². The summed E-state index contributed by atoms with van der Waals surface area (Å²) in [5, 5.41) is 0.849. The summed E-state index contributed by atoms with van der Waals surface area (Å²) in [6.45, 7) is 3.72. The van der Waals surface area contributed by atoms with E-state index in [1.54, 1.807) is 18.2 Å². The maximum atomic E-state index is 13.6. The Morgan fingerprint density at radius 2 is 1.96 bits per heavy atom. The van der Waals surface area contributed by atoms with Crippen molar-refractivity contribution in [3.63, 3.8) is 0 Å². The van der Waals surface area contributed by atoms with Crippen LogP contribution < -0.4 is 5.56 Å². The molecule has 0 aliphatic heterocycles. The minimum atomic E-state index is -0.549. The van der Waals surface area contributed by atoms with Crippen LogP contribution in [-0.4, -0.2) is 14.5 Å². The fourth-order valence-electron chi connectivity index (χ4n) is 2.79. The number of benzene rings is 2. The molecule has 0 saturated heterocycles. The minimum absolute atomic E-state index is 0.0625. The molecule has 2 heterocycles. The summed E-state index contributed by atoms with van der Waals surface area (Å²) in [6, 6.07) is 11.2. The Hall–Kier alpha value is -2.64. The number of oxazole rings is 1. The van der Waals surface area contributed by atoms with E-state index in [2.05, 4.69) is 9.97 Å². The predicted octanol–water partition coefficient (Wildman–Crippen LogP) is 5.08. The van der Waals surface area contributed by atoms with Crippen molar-refractivity contribution >= 4 is 34.3 Å². The van der Waals surface area contributed by atoms with E-state index in [4.69, 9.17) is 16.0 Å². The Kier molecular flexibility index (Phi) is 4.95. The molecule has 2 aromatic carbocycles. The van der Waals surface area contributed by atoms with Gasteiger partial charge in [-0.15, -0.1) is 0 Å². The number of aromatic nitrogens is 3. The van der Waals surface area contributed by atoms with Crippen LogP contribution in [0, 0.1) is 19.7 Å². The van der Waals surface area contributed by atoms with Crippen molar-refractivity contribution < 1.29 is 8.81 Å². The number of thioether (sulfide) groups is 1. The lowest BCUT2D eigenvalue weighted by atomic mass is 10.2. The molecule has 142 valence electrons. The smallest absolute Gasteiger partial charge is 0.266 e. The van der Waals surface area contributed by atoms with Crippen LogP contribution in [0.3, 0.4) is 0 Å². The van der Waals surface area contributed by atoms with E-state index in [9.17, 15) is 9.18 Å². The molecule has 0 atom stereocenters. The van der Waals surface area contributed by atoms with Crippen molar-refractivity contribution in [2.24, 2.45) is 0 Å². The maximum Gasteiger partial charge on any atom is 0.266 e. The SMILES string of the molecule is Cc1nc(CSc2nc3ccccc3c(=O)n2-c2ccc(F)c(Cl)c2)oc1C. The number of halogens is 2. The van der Waals surface area contributed by atoms with Crippen LogP contribution in [0.5, 0.6) is 0 Å². The van der Waals surface area contributed by atoms with Gasteiger partial charge >= 0.3 is 0 Å². The van der Waals surface area contributed by atoms with Crippen molar-refractivity contribution in [2.75, 3.05) is 0 Å². The van der Waals surface area contributed by atoms with Gasteiger partial charge in [-0.1, -0.05) is 35.5 Å². The second-order valence-electron chi connectivity index (χ2n) is 6.19. The molecule has 5 nitrogen and oxygen atoms in total. The third-order valence-electron chi connectivity index (χ3n) is 4.30. The molecule has 2 aromatic heterocycles. The molecule has 4 aromatic rings. The minimum Gasteiger partial charge on any atom is -0.445 e. The first-order chi connectivity index (χ1) is 13.4. The van der Waals surface area contributed by atoms with Gasteiger partial charge in [-0.2, -0.15) is 0 Å².